The third-order valence-electron chi connectivity index (χ3n) is 3.42. The number of halogens is 1. The van der Waals surface area contributed by atoms with Crippen LogP contribution in [0.2, 0.25) is 0 Å². The SMILES string of the molecule is N[C@@H]1CCN(C(=O)c2ccn(-c3ccccc3F)n2)C1. The van der Waals surface area contributed by atoms with Gasteiger partial charge in [0.2, 0.25) is 0 Å². The van der Waals surface area contributed by atoms with E-state index in [-0.39, 0.29) is 17.8 Å². The van der Waals surface area contributed by atoms with Gasteiger partial charge in [-0.05, 0) is 24.6 Å². The topological polar surface area (TPSA) is 64.2 Å². The summed E-state index contributed by atoms with van der Waals surface area (Å²) in [5.41, 5.74) is 6.42. The van der Waals surface area contributed by atoms with Crippen LogP contribution in [0, 0.1) is 5.82 Å². The van der Waals surface area contributed by atoms with Crippen molar-refractivity contribution in [1.29, 1.82) is 0 Å². The Morgan fingerprint density at radius 3 is 2.85 bits per heavy atom. The number of carbonyl (C=O) groups excluding carboxylic acids is 1. The number of carbonyl (C=O) groups is 1. The summed E-state index contributed by atoms with van der Waals surface area (Å²) in [7, 11) is 0. The summed E-state index contributed by atoms with van der Waals surface area (Å²) in [6.07, 6.45) is 2.39. The summed E-state index contributed by atoms with van der Waals surface area (Å²) in [4.78, 5) is 13.9. The number of hydrogen-bond acceptors (Lipinski definition) is 3. The number of nitrogens with two attached hydrogens (primary N) is 1. The lowest BCUT2D eigenvalue weighted by molar-refractivity contribution is 0.0784. The van der Waals surface area contributed by atoms with Gasteiger partial charge in [-0.1, -0.05) is 12.1 Å². The minimum atomic E-state index is -0.377. The Hall–Kier alpha value is -2.21. The second-order valence-electron chi connectivity index (χ2n) is 4.90. The summed E-state index contributed by atoms with van der Waals surface area (Å²) in [5.74, 6) is -0.536. The van der Waals surface area contributed by atoms with Crippen LogP contribution in [-0.4, -0.2) is 39.7 Å². The molecule has 104 valence electrons. The number of amides is 1. The molecule has 6 heteroatoms. The number of hydrogen-bond donors (Lipinski definition) is 1. The fourth-order valence-electron chi connectivity index (χ4n) is 2.34. The average Bonchev–Trinajstić information content (AvgIpc) is 3.07. The second kappa shape index (κ2) is 5.05. The molecule has 0 bridgehead atoms. The van der Waals surface area contributed by atoms with Crippen molar-refractivity contribution in [1.82, 2.24) is 14.7 Å². The van der Waals surface area contributed by atoms with Gasteiger partial charge in [0, 0.05) is 25.3 Å². The van der Waals surface area contributed by atoms with Crippen LogP contribution in [0.5, 0.6) is 0 Å². The number of para-hydroxylation sites is 1. The molecule has 0 saturated carbocycles. The number of rotatable bonds is 2. The number of aromatic nitrogens is 2. The maximum Gasteiger partial charge on any atom is 0.274 e. The van der Waals surface area contributed by atoms with Gasteiger partial charge in [-0.2, -0.15) is 5.10 Å². The lowest BCUT2D eigenvalue weighted by Gasteiger charge is -2.13. The molecule has 3 rings (SSSR count). The lowest BCUT2D eigenvalue weighted by atomic mass is 10.3. The maximum atomic E-state index is 13.7. The van der Waals surface area contributed by atoms with Crippen LogP contribution in [0.1, 0.15) is 16.9 Å². The molecule has 1 aliphatic rings. The highest BCUT2D eigenvalue weighted by Crippen LogP contribution is 2.15. The first kappa shape index (κ1) is 12.8. The first-order valence-corrected chi connectivity index (χ1v) is 6.50. The minimum Gasteiger partial charge on any atom is -0.336 e. The van der Waals surface area contributed by atoms with Gasteiger partial charge in [0.15, 0.2) is 5.69 Å². The van der Waals surface area contributed by atoms with Crippen LogP contribution in [0.15, 0.2) is 36.5 Å². The fraction of sp³-hybridized carbons (Fsp3) is 0.286. The zero-order valence-electron chi connectivity index (χ0n) is 10.9. The van der Waals surface area contributed by atoms with E-state index in [0.717, 1.165) is 6.42 Å². The second-order valence-corrected chi connectivity index (χ2v) is 4.90. The highest BCUT2D eigenvalue weighted by Gasteiger charge is 2.26. The first-order valence-electron chi connectivity index (χ1n) is 6.50. The van der Waals surface area contributed by atoms with Crippen molar-refractivity contribution in [2.45, 2.75) is 12.5 Å². The molecule has 1 aromatic heterocycles. The molecule has 1 saturated heterocycles. The number of nitrogens with zero attached hydrogens (tertiary/aromatic N) is 3. The summed E-state index contributed by atoms with van der Waals surface area (Å²) in [6, 6.07) is 7.94. The van der Waals surface area contributed by atoms with Crippen molar-refractivity contribution >= 4 is 5.91 Å². The van der Waals surface area contributed by atoms with E-state index in [1.165, 1.54) is 10.7 Å². The van der Waals surface area contributed by atoms with Crippen LogP contribution < -0.4 is 5.73 Å². The van der Waals surface area contributed by atoms with Crippen LogP contribution >= 0.6 is 0 Å². The Morgan fingerprint density at radius 1 is 1.35 bits per heavy atom. The predicted octanol–water partition coefficient (Wildman–Crippen LogP) is 1.18. The highest BCUT2D eigenvalue weighted by molar-refractivity contribution is 5.92. The van der Waals surface area contributed by atoms with E-state index in [2.05, 4.69) is 5.10 Å². The molecule has 5 nitrogen and oxygen atoms in total. The smallest absolute Gasteiger partial charge is 0.274 e. The molecule has 0 aliphatic carbocycles. The molecule has 1 amide bonds. The van der Waals surface area contributed by atoms with E-state index in [9.17, 15) is 9.18 Å². The average molecular weight is 274 g/mol. The van der Waals surface area contributed by atoms with Crippen LogP contribution in [0.3, 0.4) is 0 Å². The van der Waals surface area contributed by atoms with Gasteiger partial charge >= 0.3 is 0 Å². The maximum absolute atomic E-state index is 13.7. The van der Waals surface area contributed by atoms with Crippen molar-refractivity contribution in [3.8, 4) is 5.69 Å². The van der Waals surface area contributed by atoms with Gasteiger partial charge in [-0.15, -0.1) is 0 Å². The minimum absolute atomic E-state index is 0.0348. The van der Waals surface area contributed by atoms with Gasteiger partial charge in [0.1, 0.15) is 11.5 Å². The van der Waals surface area contributed by atoms with Gasteiger partial charge in [0.05, 0.1) is 0 Å². The van der Waals surface area contributed by atoms with Gasteiger partial charge in [-0.3, -0.25) is 4.79 Å². The zero-order chi connectivity index (χ0) is 14.1. The Labute approximate surface area is 115 Å². The lowest BCUT2D eigenvalue weighted by Crippen LogP contribution is -2.32. The molecule has 2 N–H and O–H groups in total. The van der Waals surface area contributed by atoms with Crippen LogP contribution in [0.25, 0.3) is 5.69 Å². The molecule has 1 atom stereocenters. The Kier molecular flexibility index (Phi) is 3.23. The molecule has 0 spiro atoms. The van der Waals surface area contributed by atoms with Gasteiger partial charge in [0.25, 0.3) is 5.91 Å². The van der Waals surface area contributed by atoms with E-state index >= 15 is 0 Å². The monoisotopic (exact) mass is 274 g/mol. The third-order valence-corrected chi connectivity index (χ3v) is 3.42. The normalized spacial score (nSPS) is 18.5. The predicted molar refractivity (Wildman–Crippen MR) is 72.0 cm³/mol. The Bertz CT molecular complexity index is 640. The van der Waals surface area contributed by atoms with Crippen LogP contribution in [0.4, 0.5) is 4.39 Å². The van der Waals surface area contributed by atoms with E-state index in [1.807, 2.05) is 0 Å². The van der Waals surface area contributed by atoms with Crippen molar-refractivity contribution in [3.63, 3.8) is 0 Å². The number of likely N-dealkylation sites (tertiary alicyclic amines) is 1. The van der Waals surface area contributed by atoms with Gasteiger partial charge in [-0.25, -0.2) is 9.07 Å². The molecular weight excluding hydrogens is 259 g/mol. The third kappa shape index (κ3) is 2.30. The van der Waals surface area contributed by atoms with Gasteiger partial charge < -0.3 is 10.6 Å². The van der Waals surface area contributed by atoms with Crippen LogP contribution in [-0.2, 0) is 0 Å². The summed E-state index contributed by atoms with van der Waals surface area (Å²) in [6.45, 7) is 1.19. The standard InChI is InChI=1S/C14H15FN4O/c15-11-3-1-2-4-13(11)19-8-6-12(17-19)14(20)18-7-5-10(16)9-18/h1-4,6,8,10H,5,7,9,16H2/t10-/m1/s1. The van der Waals surface area contributed by atoms with Crippen molar-refractivity contribution in [2.24, 2.45) is 5.73 Å². The van der Waals surface area contributed by atoms with E-state index in [4.69, 9.17) is 5.73 Å². The molecule has 1 aromatic carbocycles. The molecule has 1 fully saturated rings. The van der Waals surface area contributed by atoms with E-state index in [1.54, 1.807) is 35.4 Å². The summed E-state index contributed by atoms with van der Waals surface area (Å²) >= 11 is 0. The van der Waals surface area contributed by atoms with E-state index in [0.29, 0.717) is 24.5 Å². The summed E-state index contributed by atoms with van der Waals surface area (Å²) < 4.78 is 15.0. The zero-order valence-corrected chi connectivity index (χ0v) is 10.9. The molecular formula is C14H15FN4O. The Morgan fingerprint density at radius 2 is 2.15 bits per heavy atom. The van der Waals surface area contributed by atoms with E-state index < -0.39 is 0 Å². The molecule has 0 radical (unpaired) electrons. The van der Waals surface area contributed by atoms with Crippen molar-refractivity contribution < 1.29 is 9.18 Å². The largest absolute Gasteiger partial charge is 0.336 e. The number of benzene rings is 1. The summed E-state index contributed by atoms with van der Waals surface area (Å²) in [5, 5.41) is 4.16. The van der Waals surface area contributed by atoms with Crippen molar-refractivity contribution in [3.05, 3.63) is 48.0 Å². The Balaban J connectivity index is 1.84. The fourth-order valence-corrected chi connectivity index (χ4v) is 2.34. The molecule has 20 heavy (non-hydrogen) atoms. The highest BCUT2D eigenvalue weighted by atomic mass is 19.1. The quantitative estimate of drug-likeness (QED) is 0.894. The first-order chi connectivity index (χ1) is 9.65. The molecule has 2 heterocycles. The van der Waals surface area contributed by atoms with Crippen molar-refractivity contribution in [2.75, 3.05) is 13.1 Å². The molecule has 1 aliphatic heterocycles. The molecule has 0 unspecified atom stereocenters. The molecule has 2 aromatic rings.